The van der Waals surface area contributed by atoms with Gasteiger partial charge in [-0.1, -0.05) is 19.4 Å². The normalized spacial score (nSPS) is 17.0. The number of nitrogens with zero attached hydrogens (tertiary/aromatic N) is 1. The highest BCUT2D eigenvalue weighted by Gasteiger charge is 2.18. The maximum absolute atomic E-state index is 12.4. The van der Waals surface area contributed by atoms with E-state index in [4.69, 9.17) is 5.73 Å². The van der Waals surface area contributed by atoms with Gasteiger partial charge in [-0.2, -0.15) is 0 Å². The summed E-state index contributed by atoms with van der Waals surface area (Å²) in [7, 11) is -3.48. The number of anilines is 1. The minimum atomic E-state index is -3.48. The predicted octanol–water partition coefficient (Wildman–Crippen LogP) is 1.60. The van der Waals surface area contributed by atoms with Crippen molar-refractivity contribution in [2.75, 3.05) is 31.9 Å². The molecule has 0 aromatic heterocycles. The molecule has 1 aliphatic rings. The number of benzene rings is 1. The largest absolute Gasteiger partial charge is 0.399 e. The smallest absolute Gasteiger partial charge is 0.240 e. The highest BCUT2D eigenvalue weighted by Crippen LogP contribution is 2.19. The molecule has 0 amide bonds. The van der Waals surface area contributed by atoms with Gasteiger partial charge < -0.3 is 10.6 Å². The first-order chi connectivity index (χ1) is 10.0. The molecule has 0 atom stereocenters. The average Bonchev–Trinajstić information content (AvgIpc) is 2.48. The van der Waals surface area contributed by atoms with E-state index in [2.05, 4.69) is 9.62 Å². The fraction of sp³-hybridized carbons (Fsp3) is 0.600. The van der Waals surface area contributed by atoms with Gasteiger partial charge in [0.25, 0.3) is 0 Å². The highest BCUT2D eigenvalue weighted by molar-refractivity contribution is 7.89. The van der Waals surface area contributed by atoms with Crippen LogP contribution in [0.15, 0.2) is 23.1 Å². The van der Waals surface area contributed by atoms with Gasteiger partial charge in [0.1, 0.15) is 0 Å². The van der Waals surface area contributed by atoms with Crippen LogP contribution in [-0.2, 0) is 16.4 Å². The average molecular weight is 311 g/mol. The van der Waals surface area contributed by atoms with Crippen LogP contribution in [0.5, 0.6) is 0 Å². The summed E-state index contributed by atoms with van der Waals surface area (Å²) in [6.45, 7) is 5.29. The molecule has 1 fully saturated rings. The lowest BCUT2D eigenvalue weighted by Crippen LogP contribution is -2.37. The molecule has 0 unspecified atom stereocenters. The Hall–Kier alpha value is -1.11. The second kappa shape index (κ2) is 7.24. The van der Waals surface area contributed by atoms with E-state index >= 15 is 0 Å². The fourth-order valence-corrected chi connectivity index (χ4v) is 4.08. The number of likely N-dealkylation sites (tertiary alicyclic amines) is 1. The van der Waals surface area contributed by atoms with E-state index in [0.29, 0.717) is 23.5 Å². The Kier molecular flexibility index (Phi) is 5.61. The summed E-state index contributed by atoms with van der Waals surface area (Å²) in [5.74, 6) is 0. The fourth-order valence-electron chi connectivity index (χ4n) is 2.71. The Labute approximate surface area is 127 Å². The zero-order valence-electron chi connectivity index (χ0n) is 12.6. The molecule has 21 heavy (non-hydrogen) atoms. The molecule has 1 saturated heterocycles. The predicted molar refractivity (Wildman–Crippen MR) is 85.7 cm³/mol. The number of hydrogen-bond donors (Lipinski definition) is 2. The molecular weight excluding hydrogens is 286 g/mol. The maximum Gasteiger partial charge on any atom is 0.240 e. The zero-order valence-corrected chi connectivity index (χ0v) is 13.5. The maximum atomic E-state index is 12.4. The first-order valence-electron chi connectivity index (χ1n) is 7.63. The quantitative estimate of drug-likeness (QED) is 0.782. The molecule has 1 aromatic carbocycles. The van der Waals surface area contributed by atoms with Gasteiger partial charge in [0.2, 0.25) is 10.0 Å². The lowest BCUT2D eigenvalue weighted by molar-refractivity contribution is 0.233. The number of hydrogen-bond acceptors (Lipinski definition) is 4. The number of nitrogens with two attached hydrogens (primary N) is 1. The topological polar surface area (TPSA) is 75.4 Å². The van der Waals surface area contributed by atoms with Gasteiger partial charge in [-0.15, -0.1) is 0 Å². The van der Waals surface area contributed by atoms with Crippen molar-refractivity contribution in [3.8, 4) is 0 Å². The van der Waals surface area contributed by atoms with Crippen molar-refractivity contribution in [2.45, 2.75) is 37.5 Å². The van der Waals surface area contributed by atoms with Crippen molar-refractivity contribution in [1.82, 2.24) is 9.62 Å². The molecule has 0 radical (unpaired) electrons. The van der Waals surface area contributed by atoms with Gasteiger partial charge in [-0.25, -0.2) is 13.1 Å². The van der Waals surface area contributed by atoms with Crippen molar-refractivity contribution in [1.29, 1.82) is 0 Å². The molecule has 0 aliphatic carbocycles. The van der Waals surface area contributed by atoms with Crippen LogP contribution in [0.25, 0.3) is 0 Å². The number of rotatable bonds is 6. The first-order valence-corrected chi connectivity index (χ1v) is 9.11. The van der Waals surface area contributed by atoms with Crippen LogP contribution in [0.3, 0.4) is 0 Å². The standard InChI is InChI=1S/C15H25N3O2S/c1-2-13-6-7-14(16)12-15(13)21(19,20)17-8-11-18-9-4-3-5-10-18/h6-7,12,17H,2-5,8-11,16H2,1H3. The summed E-state index contributed by atoms with van der Waals surface area (Å²) in [6, 6.07) is 5.07. The van der Waals surface area contributed by atoms with E-state index < -0.39 is 10.0 Å². The molecule has 0 bridgehead atoms. The monoisotopic (exact) mass is 311 g/mol. The molecular formula is C15H25N3O2S. The molecule has 2 rings (SSSR count). The van der Waals surface area contributed by atoms with Crippen LogP contribution >= 0.6 is 0 Å². The van der Waals surface area contributed by atoms with Crippen LogP contribution in [0, 0.1) is 0 Å². The van der Waals surface area contributed by atoms with Crippen molar-refractivity contribution in [3.63, 3.8) is 0 Å². The summed E-state index contributed by atoms with van der Waals surface area (Å²) in [5.41, 5.74) is 7.00. The van der Waals surface area contributed by atoms with E-state index in [0.717, 1.165) is 25.2 Å². The zero-order chi connectivity index (χ0) is 15.3. The number of nitrogen functional groups attached to an aromatic ring is 1. The summed E-state index contributed by atoms with van der Waals surface area (Å²) in [6.07, 6.45) is 4.37. The summed E-state index contributed by atoms with van der Waals surface area (Å²) in [4.78, 5) is 2.62. The Morgan fingerprint density at radius 2 is 1.95 bits per heavy atom. The SMILES string of the molecule is CCc1ccc(N)cc1S(=O)(=O)NCCN1CCCCC1. The Morgan fingerprint density at radius 3 is 2.62 bits per heavy atom. The third-order valence-electron chi connectivity index (χ3n) is 3.93. The third kappa shape index (κ3) is 4.43. The lowest BCUT2D eigenvalue weighted by Gasteiger charge is -2.26. The van der Waals surface area contributed by atoms with E-state index in [-0.39, 0.29) is 0 Å². The Bertz CT molecular complexity index is 566. The second-order valence-electron chi connectivity index (χ2n) is 5.52. The van der Waals surface area contributed by atoms with Gasteiger partial charge in [0.05, 0.1) is 4.90 Å². The summed E-state index contributed by atoms with van der Waals surface area (Å²) in [5, 5.41) is 0. The van der Waals surface area contributed by atoms with E-state index in [1.165, 1.54) is 19.3 Å². The Balaban J connectivity index is 1.99. The van der Waals surface area contributed by atoms with Crippen LogP contribution in [0.1, 0.15) is 31.7 Å². The molecule has 5 nitrogen and oxygen atoms in total. The van der Waals surface area contributed by atoms with Crippen LogP contribution in [0.4, 0.5) is 5.69 Å². The lowest BCUT2D eigenvalue weighted by atomic mass is 10.1. The number of piperidine rings is 1. The van der Waals surface area contributed by atoms with Gasteiger partial charge >= 0.3 is 0 Å². The van der Waals surface area contributed by atoms with Gasteiger partial charge in [0, 0.05) is 18.8 Å². The van der Waals surface area contributed by atoms with Crippen LogP contribution < -0.4 is 10.5 Å². The molecule has 0 saturated carbocycles. The third-order valence-corrected chi connectivity index (χ3v) is 5.47. The molecule has 0 spiro atoms. The minimum absolute atomic E-state index is 0.309. The molecule has 1 aromatic rings. The molecule has 1 heterocycles. The van der Waals surface area contributed by atoms with Crippen LogP contribution in [-0.4, -0.2) is 39.5 Å². The summed E-state index contributed by atoms with van der Waals surface area (Å²) >= 11 is 0. The molecule has 3 N–H and O–H groups in total. The number of nitrogens with one attached hydrogen (secondary N) is 1. The van der Waals surface area contributed by atoms with E-state index in [1.54, 1.807) is 18.2 Å². The molecule has 6 heteroatoms. The van der Waals surface area contributed by atoms with Gasteiger partial charge in [0.15, 0.2) is 0 Å². The summed E-state index contributed by atoms with van der Waals surface area (Å²) < 4.78 is 27.5. The van der Waals surface area contributed by atoms with Gasteiger partial charge in [-0.05, 0) is 50.0 Å². The molecule has 118 valence electrons. The highest BCUT2D eigenvalue weighted by atomic mass is 32.2. The van der Waals surface area contributed by atoms with Crippen molar-refractivity contribution in [3.05, 3.63) is 23.8 Å². The van der Waals surface area contributed by atoms with E-state index in [9.17, 15) is 8.42 Å². The van der Waals surface area contributed by atoms with Crippen molar-refractivity contribution < 1.29 is 8.42 Å². The van der Waals surface area contributed by atoms with Crippen LogP contribution in [0.2, 0.25) is 0 Å². The van der Waals surface area contributed by atoms with E-state index in [1.807, 2.05) is 6.92 Å². The minimum Gasteiger partial charge on any atom is -0.399 e. The number of aryl methyl sites for hydroxylation is 1. The Morgan fingerprint density at radius 1 is 1.24 bits per heavy atom. The van der Waals surface area contributed by atoms with Gasteiger partial charge in [-0.3, -0.25) is 0 Å². The first kappa shape index (κ1) is 16.3. The molecule has 1 aliphatic heterocycles. The second-order valence-corrected chi connectivity index (χ2v) is 7.26. The van der Waals surface area contributed by atoms with Crippen molar-refractivity contribution in [2.24, 2.45) is 0 Å². The van der Waals surface area contributed by atoms with Crippen molar-refractivity contribution >= 4 is 15.7 Å². The number of sulfonamides is 1.